The Hall–Kier alpha value is -1.10. The maximum absolute atomic E-state index is 13.1. The van der Waals surface area contributed by atoms with E-state index in [1.54, 1.807) is 6.07 Å². The molecule has 22 heavy (non-hydrogen) atoms. The molecule has 0 radical (unpaired) electrons. The average molecular weight is 386 g/mol. The molecule has 0 spiro atoms. The normalized spacial score (nSPS) is 20.4. The molecule has 5 heteroatoms. The monoisotopic (exact) mass is 384 g/mol. The molecule has 1 N–H and O–H groups in total. The fourth-order valence-electron chi connectivity index (χ4n) is 2.80. The summed E-state index contributed by atoms with van der Waals surface area (Å²) in [6, 6.07) is 8.23. The summed E-state index contributed by atoms with van der Waals surface area (Å²) in [6.07, 6.45) is -0.105. The summed E-state index contributed by atoms with van der Waals surface area (Å²) >= 11 is 9.54. The highest BCUT2D eigenvalue weighted by Crippen LogP contribution is 2.42. The van der Waals surface area contributed by atoms with E-state index in [-0.39, 0.29) is 11.7 Å². The largest absolute Gasteiger partial charge is 0.492 e. The van der Waals surface area contributed by atoms with Gasteiger partial charge in [0.05, 0.1) is 17.2 Å². The Morgan fingerprint density at radius 1 is 1.36 bits per heavy atom. The highest BCUT2D eigenvalue weighted by atomic mass is 79.9. The minimum absolute atomic E-state index is 0.121. The number of rotatable bonds is 2. The van der Waals surface area contributed by atoms with Crippen molar-refractivity contribution in [2.24, 2.45) is 5.92 Å². The number of halogens is 3. The summed E-state index contributed by atoms with van der Waals surface area (Å²) in [5.41, 5.74) is 2.64. The van der Waals surface area contributed by atoms with Crippen LogP contribution in [0.1, 0.15) is 22.8 Å². The second-order valence-corrected chi connectivity index (χ2v) is 6.88. The Morgan fingerprint density at radius 2 is 2.14 bits per heavy atom. The molecule has 3 rings (SSSR count). The van der Waals surface area contributed by atoms with E-state index in [1.807, 2.05) is 19.1 Å². The molecule has 0 saturated heterocycles. The molecule has 0 aliphatic carbocycles. The van der Waals surface area contributed by atoms with E-state index in [9.17, 15) is 9.50 Å². The van der Waals surface area contributed by atoms with Crippen LogP contribution in [0.4, 0.5) is 4.39 Å². The number of aliphatic hydroxyl groups excluding tert-OH is 1. The predicted molar refractivity (Wildman–Crippen MR) is 87.9 cm³/mol. The zero-order chi connectivity index (χ0) is 15.9. The van der Waals surface area contributed by atoms with Gasteiger partial charge in [-0.1, -0.05) is 17.7 Å². The van der Waals surface area contributed by atoms with Crippen LogP contribution in [0.15, 0.2) is 34.8 Å². The zero-order valence-corrected chi connectivity index (χ0v) is 14.3. The van der Waals surface area contributed by atoms with Crippen LogP contribution < -0.4 is 4.74 Å². The molecule has 1 aliphatic rings. The number of aryl methyl sites for hydroxylation is 1. The second-order valence-electron chi connectivity index (χ2n) is 5.62. The van der Waals surface area contributed by atoms with Crippen LogP contribution in [-0.2, 0) is 6.42 Å². The molecule has 0 bridgehead atoms. The summed E-state index contributed by atoms with van der Waals surface area (Å²) in [7, 11) is 0. The standard InChI is InChI=1S/C17H15BrClFO2/c1-9-4-13-16(21)11(8-22-17(13)14(18)5-9)6-10-2-3-12(20)7-15(10)19/h2-5,7,11,16,21H,6,8H2,1H3/t11-,16-/m0/s1. The number of ether oxygens (including phenoxy) is 1. The van der Waals surface area contributed by atoms with Gasteiger partial charge in [-0.25, -0.2) is 4.39 Å². The molecular formula is C17H15BrClFO2. The minimum atomic E-state index is -0.638. The lowest BCUT2D eigenvalue weighted by molar-refractivity contribution is 0.0503. The third-order valence-corrected chi connectivity index (χ3v) is 4.86. The zero-order valence-electron chi connectivity index (χ0n) is 11.9. The lowest BCUT2D eigenvalue weighted by atomic mass is 9.87. The van der Waals surface area contributed by atoms with Crippen LogP contribution in [0.25, 0.3) is 0 Å². The predicted octanol–water partition coefficient (Wildman–Crippen LogP) is 4.83. The maximum Gasteiger partial charge on any atom is 0.139 e. The van der Waals surface area contributed by atoms with Crippen LogP contribution in [0.5, 0.6) is 5.75 Å². The van der Waals surface area contributed by atoms with Crippen LogP contribution in [0.2, 0.25) is 5.02 Å². The Morgan fingerprint density at radius 3 is 2.86 bits per heavy atom. The molecule has 0 saturated carbocycles. The van der Waals surface area contributed by atoms with Gasteiger partial charge in [-0.05, 0) is 64.7 Å². The van der Waals surface area contributed by atoms with E-state index < -0.39 is 6.10 Å². The van der Waals surface area contributed by atoms with Gasteiger partial charge in [0, 0.05) is 16.5 Å². The summed E-state index contributed by atoms with van der Waals surface area (Å²) in [6.45, 7) is 2.36. The SMILES string of the molecule is Cc1cc(Br)c2c(c1)[C@@H](O)[C@@H](Cc1ccc(F)cc1Cl)CO2. The molecule has 116 valence electrons. The van der Waals surface area contributed by atoms with E-state index in [2.05, 4.69) is 15.9 Å². The van der Waals surface area contributed by atoms with Crippen LogP contribution >= 0.6 is 27.5 Å². The lowest BCUT2D eigenvalue weighted by Gasteiger charge is -2.31. The van der Waals surface area contributed by atoms with Crippen molar-refractivity contribution in [3.63, 3.8) is 0 Å². The van der Waals surface area contributed by atoms with Gasteiger partial charge in [0.25, 0.3) is 0 Å². The molecule has 0 unspecified atom stereocenters. The quantitative estimate of drug-likeness (QED) is 0.802. The first-order valence-electron chi connectivity index (χ1n) is 7.00. The topological polar surface area (TPSA) is 29.5 Å². The number of hydrogen-bond acceptors (Lipinski definition) is 2. The number of fused-ring (bicyclic) bond motifs is 1. The fraction of sp³-hybridized carbons (Fsp3) is 0.294. The lowest BCUT2D eigenvalue weighted by Crippen LogP contribution is -2.28. The molecule has 2 atom stereocenters. The first-order chi connectivity index (χ1) is 10.5. The molecular weight excluding hydrogens is 371 g/mol. The molecule has 2 aromatic carbocycles. The summed E-state index contributed by atoms with van der Waals surface area (Å²) in [4.78, 5) is 0. The van der Waals surface area contributed by atoms with Gasteiger partial charge in [-0.2, -0.15) is 0 Å². The minimum Gasteiger partial charge on any atom is -0.492 e. The fourth-order valence-corrected chi connectivity index (χ4v) is 3.75. The Balaban J connectivity index is 1.88. The molecule has 0 amide bonds. The van der Waals surface area contributed by atoms with E-state index in [1.165, 1.54) is 12.1 Å². The van der Waals surface area contributed by atoms with Crippen LogP contribution in [0, 0.1) is 18.7 Å². The van der Waals surface area contributed by atoms with Gasteiger partial charge in [-0.3, -0.25) is 0 Å². The van der Waals surface area contributed by atoms with Gasteiger partial charge >= 0.3 is 0 Å². The molecule has 1 aliphatic heterocycles. The van der Waals surface area contributed by atoms with Gasteiger partial charge in [0.1, 0.15) is 11.6 Å². The third kappa shape index (κ3) is 3.00. The van der Waals surface area contributed by atoms with Gasteiger partial charge in [0.2, 0.25) is 0 Å². The highest BCUT2D eigenvalue weighted by Gasteiger charge is 2.31. The average Bonchev–Trinajstić information content (AvgIpc) is 2.45. The van der Waals surface area contributed by atoms with Crippen molar-refractivity contribution in [2.45, 2.75) is 19.4 Å². The Bertz CT molecular complexity index is 720. The molecule has 2 nitrogen and oxygen atoms in total. The molecule has 0 aromatic heterocycles. The van der Waals surface area contributed by atoms with E-state index in [0.29, 0.717) is 23.8 Å². The smallest absolute Gasteiger partial charge is 0.139 e. The van der Waals surface area contributed by atoms with Gasteiger partial charge < -0.3 is 9.84 Å². The van der Waals surface area contributed by atoms with Crippen molar-refractivity contribution in [3.8, 4) is 5.75 Å². The van der Waals surface area contributed by atoms with Crippen LogP contribution in [-0.4, -0.2) is 11.7 Å². The molecule has 2 aromatic rings. The molecule has 1 heterocycles. The van der Waals surface area contributed by atoms with Crippen molar-refractivity contribution in [1.82, 2.24) is 0 Å². The van der Waals surface area contributed by atoms with E-state index >= 15 is 0 Å². The van der Waals surface area contributed by atoms with E-state index in [0.717, 1.165) is 21.2 Å². The van der Waals surface area contributed by atoms with Crippen molar-refractivity contribution < 1.29 is 14.2 Å². The highest BCUT2D eigenvalue weighted by molar-refractivity contribution is 9.10. The third-order valence-electron chi connectivity index (χ3n) is 3.92. The Kier molecular flexibility index (Phi) is 4.44. The second kappa shape index (κ2) is 6.19. The first kappa shape index (κ1) is 15.8. The maximum atomic E-state index is 13.1. The summed E-state index contributed by atoms with van der Waals surface area (Å²) < 4.78 is 19.8. The van der Waals surface area contributed by atoms with Crippen molar-refractivity contribution in [2.75, 3.05) is 6.61 Å². The van der Waals surface area contributed by atoms with Crippen molar-refractivity contribution >= 4 is 27.5 Å². The molecule has 0 fully saturated rings. The number of benzene rings is 2. The summed E-state index contributed by atoms with van der Waals surface area (Å²) in [5.74, 6) is 0.211. The first-order valence-corrected chi connectivity index (χ1v) is 8.17. The number of aliphatic hydroxyl groups is 1. The van der Waals surface area contributed by atoms with Gasteiger partial charge in [0.15, 0.2) is 0 Å². The van der Waals surface area contributed by atoms with Gasteiger partial charge in [-0.15, -0.1) is 0 Å². The summed E-state index contributed by atoms with van der Waals surface area (Å²) in [5, 5.41) is 11.0. The number of hydrogen-bond donors (Lipinski definition) is 1. The van der Waals surface area contributed by atoms with Crippen LogP contribution in [0.3, 0.4) is 0 Å². The van der Waals surface area contributed by atoms with Crippen molar-refractivity contribution in [3.05, 3.63) is 62.3 Å². The van der Waals surface area contributed by atoms with Crippen molar-refractivity contribution in [1.29, 1.82) is 0 Å². The Labute approximate surface area is 142 Å². The van der Waals surface area contributed by atoms with E-state index in [4.69, 9.17) is 16.3 Å².